The molecule has 0 saturated heterocycles. The van der Waals surface area contributed by atoms with Crippen LogP contribution in [-0.4, -0.2) is 15.5 Å². The number of hydrogen-bond donors (Lipinski definition) is 2. The van der Waals surface area contributed by atoms with Crippen molar-refractivity contribution in [2.24, 2.45) is 5.73 Å². The van der Waals surface area contributed by atoms with Crippen LogP contribution in [0.5, 0.6) is 0 Å². The largest absolute Gasteiger partial charge is 0.479 e. The number of rotatable bonds is 3. The van der Waals surface area contributed by atoms with Gasteiger partial charge in [0, 0.05) is 6.42 Å². The summed E-state index contributed by atoms with van der Waals surface area (Å²) < 4.78 is -1.37. The Morgan fingerprint density at radius 2 is 2.00 bits per heavy atom. The number of carbonyl (C=O) groups is 1. The standard InChI is InChI=1S/C9H10BrNO2/c10-9(11,8(12)13)6-7-4-2-1-3-5-7/h1-5H,6,11H2,(H,12,13). The van der Waals surface area contributed by atoms with Gasteiger partial charge in [0.05, 0.1) is 0 Å². The molecule has 1 aromatic rings. The minimum atomic E-state index is -1.37. The van der Waals surface area contributed by atoms with E-state index in [-0.39, 0.29) is 6.42 Å². The number of halogens is 1. The Bertz CT molecular complexity index is 298. The molecule has 0 aromatic heterocycles. The SMILES string of the molecule is NC(Br)(Cc1ccccc1)C(=O)O. The van der Waals surface area contributed by atoms with Gasteiger partial charge in [-0.25, -0.2) is 4.79 Å². The minimum absolute atomic E-state index is 0.267. The zero-order valence-electron chi connectivity index (χ0n) is 6.90. The summed E-state index contributed by atoms with van der Waals surface area (Å²) in [6.45, 7) is 0. The van der Waals surface area contributed by atoms with Crippen molar-refractivity contribution < 1.29 is 9.90 Å². The average Bonchev–Trinajstić information content (AvgIpc) is 2.05. The van der Waals surface area contributed by atoms with E-state index in [0.717, 1.165) is 5.56 Å². The van der Waals surface area contributed by atoms with E-state index in [1.54, 1.807) is 0 Å². The van der Waals surface area contributed by atoms with E-state index in [1.807, 2.05) is 30.3 Å². The Morgan fingerprint density at radius 1 is 1.46 bits per heavy atom. The number of alkyl halides is 1. The van der Waals surface area contributed by atoms with Gasteiger partial charge < -0.3 is 10.8 Å². The smallest absolute Gasteiger partial charge is 0.335 e. The first kappa shape index (κ1) is 10.2. The highest BCUT2D eigenvalue weighted by molar-refractivity contribution is 9.10. The van der Waals surface area contributed by atoms with Crippen LogP contribution in [-0.2, 0) is 11.2 Å². The monoisotopic (exact) mass is 243 g/mol. The number of benzene rings is 1. The lowest BCUT2D eigenvalue weighted by Crippen LogP contribution is -2.43. The molecule has 70 valence electrons. The molecule has 1 aromatic carbocycles. The third-order valence-corrected chi connectivity index (χ3v) is 2.28. The van der Waals surface area contributed by atoms with Gasteiger partial charge in [-0.3, -0.25) is 0 Å². The first-order valence-electron chi connectivity index (χ1n) is 3.77. The van der Waals surface area contributed by atoms with Crippen LogP contribution in [0.15, 0.2) is 30.3 Å². The molecule has 1 rings (SSSR count). The number of hydrogen-bond acceptors (Lipinski definition) is 2. The van der Waals surface area contributed by atoms with E-state index in [2.05, 4.69) is 15.9 Å². The molecule has 1 unspecified atom stereocenters. The maximum absolute atomic E-state index is 10.7. The lowest BCUT2D eigenvalue weighted by atomic mass is 10.1. The van der Waals surface area contributed by atoms with Crippen LogP contribution in [0.3, 0.4) is 0 Å². The molecule has 0 bridgehead atoms. The van der Waals surface area contributed by atoms with Crippen LogP contribution < -0.4 is 5.73 Å². The summed E-state index contributed by atoms with van der Waals surface area (Å²) in [4.78, 5) is 10.7. The summed E-state index contributed by atoms with van der Waals surface area (Å²) in [6, 6.07) is 9.24. The van der Waals surface area contributed by atoms with Crippen LogP contribution in [0.1, 0.15) is 5.56 Å². The third-order valence-electron chi connectivity index (χ3n) is 1.66. The fourth-order valence-corrected chi connectivity index (χ4v) is 1.29. The first-order valence-corrected chi connectivity index (χ1v) is 4.57. The van der Waals surface area contributed by atoms with Gasteiger partial charge >= 0.3 is 5.97 Å². The lowest BCUT2D eigenvalue weighted by molar-refractivity contribution is -0.139. The lowest BCUT2D eigenvalue weighted by Gasteiger charge is -2.16. The average molecular weight is 244 g/mol. The van der Waals surface area contributed by atoms with Crippen molar-refractivity contribution in [3.63, 3.8) is 0 Å². The summed E-state index contributed by atoms with van der Waals surface area (Å²) in [5.74, 6) is -1.06. The quantitative estimate of drug-likeness (QED) is 0.623. The normalized spacial score (nSPS) is 14.9. The highest BCUT2D eigenvalue weighted by Crippen LogP contribution is 2.17. The van der Waals surface area contributed by atoms with Crippen LogP contribution in [0.4, 0.5) is 0 Å². The van der Waals surface area contributed by atoms with Crippen molar-refractivity contribution >= 4 is 21.9 Å². The topological polar surface area (TPSA) is 63.3 Å². The fraction of sp³-hybridized carbons (Fsp3) is 0.222. The minimum Gasteiger partial charge on any atom is -0.479 e. The molecule has 0 aliphatic rings. The summed E-state index contributed by atoms with van der Waals surface area (Å²) in [7, 11) is 0. The second-order valence-corrected chi connectivity index (χ2v) is 4.25. The van der Waals surface area contributed by atoms with Crippen LogP contribution in [0, 0.1) is 0 Å². The Balaban J connectivity index is 2.75. The molecule has 3 nitrogen and oxygen atoms in total. The Hall–Kier alpha value is -0.870. The van der Waals surface area contributed by atoms with Gasteiger partial charge in [0.25, 0.3) is 0 Å². The molecule has 0 heterocycles. The number of carboxylic acid groups (broad SMARTS) is 1. The van der Waals surface area contributed by atoms with E-state index in [9.17, 15) is 4.79 Å². The zero-order valence-corrected chi connectivity index (χ0v) is 8.49. The Kier molecular flexibility index (Phi) is 3.06. The molecule has 1 atom stereocenters. The number of aliphatic carboxylic acids is 1. The van der Waals surface area contributed by atoms with Gasteiger partial charge in [-0.15, -0.1) is 0 Å². The maximum atomic E-state index is 10.7. The Labute approximate surface area is 84.7 Å². The van der Waals surface area contributed by atoms with Crippen molar-refractivity contribution in [2.45, 2.75) is 10.9 Å². The highest BCUT2D eigenvalue weighted by atomic mass is 79.9. The predicted molar refractivity (Wildman–Crippen MR) is 53.6 cm³/mol. The molecule has 0 amide bonds. The molecule has 0 saturated carbocycles. The van der Waals surface area contributed by atoms with Gasteiger partial charge in [-0.1, -0.05) is 46.3 Å². The molecule has 0 fully saturated rings. The van der Waals surface area contributed by atoms with Crippen molar-refractivity contribution in [2.75, 3.05) is 0 Å². The number of nitrogens with two attached hydrogens (primary N) is 1. The molecule has 0 radical (unpaired) electrons. The van der Waals surface area contributed by atoms with Gasteiger partial charge in [-0.2, -0.15) is 0 Å². The van der Waals surface area contributed by atoms with Crippen molar-refractivity contribution in [3.8, 4) is 0 Å². The molecular weight excluding hydrogens is 234 g/mol. The third kappa shape index (κ3) is 2.82. The zero-order chi connectivity index (χ0) is 9.90. The van der Waals surface area contributed by atoms with Gasteiger partial charge in [0.1, 0.15) is 0 Å². The van der Waals surface area contributed by atoms with E-state index in [1.165, 1.54) is 0 Å². The van der Waals surface area contributed by atoms with Gasteiger partial charge in [-0.05, 0) is 5.56 Å². The molecule has 0 aliphatic heterocycles. The molecule has 0 spiro atoms. The van der Waals surface area contributed by atoms with Crippen molar-refractivity contribution in [1.82, 2.24) is 0 Å². The summed E-state index contributed by atoms with van der Waals surface area (Å²) in [5, 5.41) is 8.73. The predicted octanol–water partition coefficient (Wildman–Crippen LogP) is 1.36. The van der Waals surface area contributed by atoms with Crippen LogP contribution in [0.2, 0.25) is 0 Å². The van der Waals surface area contributed by atoms with E-state index in [0.29, 0.717) is 0 Å². The van der Waals surface area contributed by atoms with Gasteiger partial charge in [0.2, 0.25) is 0 Å². The first-order chi connectivity index (χ1) is 6.02. The van der Waals surface area contributed by atoms with E-state index < -0.39 is 10.4 Å². The molecule has 0 aliphatic carbocycles. The fourth-order valence-electron chi connectivity index (χ4n) is 0.969. The van der Waals surface area contributed by atoms with Crippen molar-refractivity contribution in [1.29, 1.82) is 0 Å². The number of carboxylic acids is 1. The molecule has 3 N–H and O–H groups in total. The highest BCUT2D eigenvalue weighted by Gasteiger charge is 2.30. The molecular formula is C9H10BrNO2. The van der Waals surface area contributed by atoms with Crippen LogP contribution >= 0.6 is 15.9 Å². The van der Waals surface area contributed by atoms with E-state index >= 15 is 0 Å². The van der Waals surface area contributed by atoms with Gasteiger partial charge in [0.15, 0.2) is 4.45 Å². The van der Waals surface area contributed by atoms with E-state index in [4.69, 9.17) is 10.8 Å². The molecule has 13 heavy (non-hydrogen) atoms. The van der Waals surface area contributed by atoms with Crippen LogP contribution in [0.25, 0.3) is 0 Å². The summed E-state index contributed by atoms with van der Waals surface area (Å²) in [5.41, 5.74) is 6.40. The summed E-state index contributed by atoms with van der Waals surface area (Å²) >= 11 is 2.96. The maximum Gasteiger partial charge on any atom is 0.335 e. The van der Waals surface area contributed by atoms with Crippen molar-refractivity contribution in [3.05, 3.63) is 35.9 Å². The molecule has 4 heteroatoms. The second kappa shape index (κ2) is 3.89. The second-order valence-electron chi connectivity index (χ2n) is 2.83. The Morgan fingerprint density at radius 3 is 2.46 bits per heavy atom. The summed E-state index contributed by atoms with van der Waals surface area (Å²) in [6.07, 6.45) is 0.267.